The number of anilines is 1. The fraction of sp³-hybridized carbons (Fsp3) is 0.158. The van der Waals surface area contributed by atoms with E-state index in [0.29, 0.717) is 29.2 Å². The zero-order chi connectivity index (χ0) is 17.8. The molecule has 0 aliphatic carbocycles. The molecule has 0 amide bonds. The molecule has 2 aromatic carbocycles. The Labute approximate surface area is 144 Å². The van der Waals surface area contributed by atoms with Crippen molar-refractivity contribution >= 4 is 17.4 Å². The summed E-state index contributed by atoms with van der Waals surface area (Å²) in [5.74, 6) is -0.669. The number of carbonyl (C=O) groups excluding carboxylic acids is 1. The fourth-order valence-corrected chi connectivity index (χ4v) is 2.48. The molecule has 0 radical (unpaired) electrons. The molecular formula is C19H17NO5. The van der Waals surface area contributed by atoms with Crippen molar-refractivity contribution < 1.29 is 24.2 Å². The maximum atomic E-state index is 12.7. The van der Waals surface area contributed by atoms with Crippen LogP contribution in [0.25, 0.3) is 0 Å². The first-order valence-electron chi connectivity index (χ1n) is 7.82. The first-order chi connectivity index (χ1) is 12.1. The number of rotatable bonds is 5. The number of para-hydroxylation sites is 1. The van der Waals surface area contributed by atoms with E-state index in [9.17, 15) is 9.59 Å². The molecular weight excluding hydrogens is 322 g/mol. The van der Waals surface area contributed by atoms with Crippen molar-refractivity contribution in [2.75, 3.05) is 11.9 Å². The van der Waals surface area contributed by atoms with E-state index in [1.807, 2.05) is 6.92 Å². The predicted octanol–water partition coefficient (Wildman–Crippen LogP) is 3.32. The number of fused-ring (bicyclic) bond motifs is 1. The number of carboxylic acid groups (broad SMARTS) is 1. The van der Waals surface area contributed by atoms with Crippen molar-refractivity contribution in [2.45, 2.75) is 13.2 Å². The highest BCUT2D eigenvalue weighted by Gasteiger charge is 2.32. The second kappa shape index (κ2) is 7.19. The lowest BCUT2D eigenvalue weighted by molar-refractivity contribution is -0.0509. The molecule has 0 saturated carbocycles. The number of hydrogen-bond acceptors (Lipinski definition) is 5. The molecule has 6 heteroatoms. The van der Waals surface area contributed by atoms with Crippen molar-refractivity contribution in [1.82, 2.24) is 0 Å². The van der Waals surface area contributed by atoms with Gasteiger partial charge < -0.3 is 19.9 Å². The summed E-state index contributed by atoms with van der Waals surface area (Å²) in [6.07, 6.45) is 0.743. The molecule has 1 aliphatic heterocycles. The summed E-state index contributed by atoms with van der Waals surface area (Å²) in [5.41, 5.74) is 1.67. The molecule has 1 aliphatic rings. The van der Waals surface area contributed by atoms with E-state index in [2.05, 4.69) is 5.32 Å². The lowest BCUT2D eigenvalue weighted by atomic mass is 10.00. The standard InChI is InChI=1S/C19H17NO5/c1-2-24-19-15(17(21)14-5-3-4-6-16(14)25-19)11-20-13-9-7-12(8-10-13)18(22)23/h3-11,19-20H,2H2,1H3,(H,22,23)/b15-11-/t19-/m0/s1. The summed E-state index contributed by atoms with van der Waals surface area (Å²) < 4.78 is 11.3. The Morgan fingerprint density at radius 2 is 1.96 bits per heavy atom. The largest absolute Gasteiger partial charge is 0.478 e. The molecule has 2 aromatic rings. The highest BCUT2D eigenvalue weighted by atomic mass is 16.7. The second-order valence-corrected chi connectivity index (χ2v) is 5.36. The van der Waals surface area contributed by atoms with Gasteiger partial charge in [0.2, 0.25) is 6.29 Å². The first kappa shape index (κ1) is 16.7. The molecule has 0 bridgehead atoms. The number of ketones is 1. The molecule has 0 saturated heterocycles. The Morgan fingerprint density at radius 3 is 2.64 bits per heavy atom. The summed E-state index contributed by atoms with van der Waals surface area (Å²) >= 11 is 0. The van der Waals surface area contributed by atoms with Crippen molar-refractivity contribution in [3.8, 4) is 5.75 Å². The molecule has 3 rings (SSSR count). The van der Waals surface area contributed by atoms with Gasteiger partial charge in [0.1, 0.15) is 5.75 Å². The quantitative estimate of drug-likeness (QED) is 0.813. The zero-order valence-electron chi connectivity index (χ0n) is 13.6. The molecule has 0 fully saturated rings. The number of aromatic carboxylic acids is 1. The molecule has 1 heterocycles. The van der Waals surface area contributed by atoms with Gasteiger partial charge in [0, 0.05) is 18.5 Å². The molecule has 0 aromatic heterocycles. The fourth-order valence-electron chi connectivity index (χ4n) is 2.48. The van der Waals surface area contributed by atoms with Gasteiger partial charge >= 0.3 is 5.97 Å². The summed E-state index contributed by atoms with van der Waals surface area (Å²) in [6, 6.07) is 13.2. The number of carbonyl (C=O) groups is 2. The van der Waals surface area contributed by atoms with Gasteiger partial charge in [-0.3, -0.25) is 4.79 Å². The van der Waals surface area contributed by atoms with Crippen LogP contribution in [0.2, 0.25) is 0 Å². The number of hydrogen-bond donors (Lipinski definition) is 2. The second-order valence-electron chi connectivity index (χ2n) is 5.36. The number of benzene rings is 2. The summed E-state index contributed by atoms with van der Waals surface area (Å²) in [6.45, 7) is 2.22. The minimum Gasteiger partial charge on any atom is -0.478 e. The Kier molecular flexibility index (Phi) is 4.81. The molecule has 25 heavy (non-hydrogen) atoms. The van der Waals surface area contributed by atoms with Crippen LogP contribution in [0.4, 0.5) is 5.69 Å². The van der Waals surface area contributed by atoms with Crippen molar-refractivity contribution in [3.63, 3.8) is 0 Å². The molecule has 1 atom stereocenters. The lowest BCUT2D eigenvalue weighted by Crippen LogP contribution is -2.33. The van der Waals surface area contributed by atoms with Crippen LogP contribution in [0.1, 0.15) is 27.6 Å². The highest BCUT2D eigenvalue weighted by Crippen LogP contribution is 2.31. The van der Waals surface area contributed by atoms with Crippen molar-refractivity contribution in [2.24, 2.45) is 0 Å². The van der Waals surface area contributed by atoms with Gasteiger partial charge in [-0.05, 0) is 43.3 Å². The van der Waals surface area contributed by atoms with Crippen LogP contribution < -0.4 is 10.1 Å². The van der Waals surface area contributed by atoms with Gasteiger partial charge in [0.15, 0.2) is 5.78 Å². The van der Waals surface area contributed by atoms with E-state index in [0.717, 1.165) is 0 Å². The van der Waals surface area contributed by atoms with Crippen molar-refractivity contribution in [1.29, 1.82) is 0 Å². The van der Waals surface area contributed by atoms with Crippen LogP contribution in [0.15, 0.2) is 60.3 Å². The van der Waals surface area contributed by atoms with Gasteiger partial charge in [0.05, 0.1) is 16.7 Å². The van der Waals surface area contributed by atoms with E-state index >= 15 is 0 Å². The smallest absolute Gasteiger partial charge is 0.335 e. The Bertz CT molecular complexity index is 826. The Hall–Kier alpha value is -3.12. The van der Waals surface area contributed by atoms with Crippen molar-refractivity contribution in [3.05, 3.63) is 71.4 Å². The number of carboxylic acids is 1. The van der Waals surface area contributed by atoms with Crippen LogP contribution in [0.5, 0.6) is 5.75 Å². The summed E-state index contributed by atoms with van der Waals surface area (Å²) in [7, 11) is 0. The zero-order valence-corrected chi connectivity index (χ0v) is 13.6. The molecule has 2 N–H and O–H groups in total. The van der Waals surface area contributed by atoms with Crippen LogP contribution in [-0.4, -0.2) is 29.8 Å². The first-order valence-corrected chi connectivity index (χ1v) is 7.82. The minimum atomic E-state index is -0.992. The third-order valence-corrected chi connectivity index (χ3v) is 3.73. The highest BCUT2D eigenvalue weighted by molar-refractivity contribution is 6.12. The van der Waals surface area contributed by atoms with E-state index in [1.165, 1.54) is 18.3 Å². The molecule has 128 valence electrons. The Balaban J connectivity index is 1.86. The monoisotopic (exact) mass is 339 g/mol. The minimum absolute atomic E-state index is 0.171. The van der Waals surface area contributed by atoms with Crippen LogP contribution in [0, 0.1) is 0 Å². The molecule has 6 nitrogen and oxygen atoms in total. The van der Waals surface area contributed by atoms with E-state index in [4.69, 9.17) is 14.6 Å². The Morgan fingerprint density at radius 1 is 1.24 bits per heavy atom. The van der Waals surface area contributed by atoms with Gasteiger partial charge in [-0.1, -0.05) is 12.1 Å². The third kappa shape index (κ3) is 3.54. The van der Waals surface area contributed by atoms with Gasteiger partial charge in [-0.2, -0.15) is 0 Å². The maximum Gasteiger partial charge on any atom is 0.335 e. The van der Waals surface area contributed by atoms with Gasteiger partial charge in [-0.15, -0.1) is 0 Å². The predicted molar refractivity (Wildman–Crippen MR) is 91.9 cm³/mol. The molecule has 0 spiro atoms. The van der Waals surface area contributed by atoms with E-state index < -0.39 is 12.3 Å². The SMILES string of the molecule is CCO[C@H]1Oc2ccccc2C(=O)/C1=C/Nc1ccc(C(=O)O)cc1. The normalized spacial score (nSPS) is 17.7. The third-order valence-electron chi connectivity index (χ3n) is 3.73. The molecule has 0 unspecified atom stereocenters. The van der Waals surface area contributed by atoms with Gasteiger partial charge in [-0.25, -0.2) is 4.79 Å². The summed E-state index contributed by atoms with van der Waals surface area (Å²) in [5, 5.41) is 11.9. The maximum absolute atomic E-state index is 12.7. The van der Waals surface area contributed by atoms with Crippen LogP contribution in [-0.2, 0) is 4.74 Å². The van der Waals surface area contributed by atoms with E-state index in [-0.39, 0.29) is 11.3 Å². The number of ether oxygens (including phenoxy) is 2. The topological polar surface area (TPSA) is 84.9 Å². The number of nitrogens with one attached hydrogen (secondary N) is 1. The van der Waals surface area contributed by atoms with Crippen LogP contribution >= 0.6 is 0 Å². The number of Topliss-reactive ketones (excluding diaryl/α,β-unsaturated/α-hetero) is 1. The average Bonchev–Trinajstić information content (AvgIpc) is 2.62. The lowest BCUT2D eigenvalue weighted by Gasteiger charge is -2.27. The van der Waals surface area contributed by atoms with Crippen LogP contribution in [0.3, 0.4) is 0 Å². The average molecular weight is 339 g/mol. The summed E-state index contributed by atoms with van der Waals surface area (Å²) in [4.78, 5) is 23.6. The van der Waals surface area contributed by atoms with Gasteiger partial charge in [0.25, 0.3) is 0 Å². The van der Waals surface area contributed by atoms with E-state index in [1.54, 1.807) is 36.4 Å².